The normalized spacial score (nSPS) is 15.3. The van der Waals surface area contributed by atoms with Gasteiger partial charge < -0.3 is 4.74 Å². The standard InChI is InChI=1S/C31H22Cl3FN2O2S/c1-18-6-9-24(15-26(18)33)36-31-37(25-10-7-19(2)27(34)16-25)30(38)29(40-31)14-21-13-22(32)8-11-28(21)39-17-20-4-3-5-23(35)12-20/h3-16H,17H2,1-2H3/b29-14+,36-31?. The van der Waals surface area contributed by atoms with Gasteiger partial charge in [0.25, 0.3) is 5.91 Å². The first-order valence-electron chi connectivity index (χ1n) is 12.2. The van der Waals surface area contributed by atoms with Crippen molar-refractivity contribution >= 4 is 75.1 Å². The van der Waals surface area contributed by atoms with Gasteiger partial charge in [-0.05, 0) is 103 Å². The van der Waals surface area contributed by atoms with E-state index in [4.69, 9.17) is 44.5 Å². The number of benzene rings is 4. The molecule has 0 aromatic heterocycles. The molecule has 0 saturated carbocycles. The molecule has 1 saturated heterocycles. The number of carbonyl (C=O) groups is 1. The Kier molecular flexibility index (Phi) is 8.52. The zero-order chi connectivity index (χ0) is 28.4. The summed E-state index contributed by atoms with van der Waals surface area (Å²) in [7, 11) is 0. The van der Waals surface area contributed by atoms with Crippen LogP contribution in [-0.2, 0) is 11.4 Å². The maximum absolute atomic E-state index is 13.8. The highest BCUT2D eigenvalue weighted by Crippen LogP contribution is 2.40. The number of thioether (sulfide) groups is 1. The Morgan fingerprint density at radius 1 is 0.925 bits per heavy atom. The lowest BCUT2D eigenvalue weighted by atomic mass is 10.1. The second-order valence-electron chi connectivity index (χ2n) is 9.11. The van der Waals surface area contributed by atoms with Crippen LogP contribution in [0.5, 0.6) is 5.75 Å². The first-order chi connectivity index (χ1) is 19.2. The lowest BCUT2D eigenvalue weighted by Gasteiger charge is -2.16. The van der Waals surface area contributed by atoms with Crippen LogP contribution >= 0.6 is 46.6 Å². The minimum absolute atomic E-state index is 0.144. The molecule has 0 radical (unpaired) electrons. The van der Waals surface area contributed by atoms with Crippen molar-refractivity contribution in [3.63, 3.8) is 0 Å². The van der Waals surface area contributed by atoms with E-state index < -0.39 is 0 Å². The van der Waals surface area contributed by atoms with Gasteiger partial charge in [0.1, 0.15) is 18.2 Å². The Morgan fingerprint density at radius 2 is 1.68 bits per heavy atom. The van der Waals surface area contributed by atoms with Crippen molar-refractivity contribution in [2.45, 2.75) is 20.5 Å². The van der Waals surface area contributed by atoms with Gasteiger partial charge in [-0.25, -0.2) is 9.38 Å². The van der Waals surface area contributed by atoms with Gasteiger partial charge in [0.05, 0.1) is 16.3 Å². The Morgan fingerprint density at radius 3 is 2.40 bits per heavy atom. The monoisotopic (exact) mass is 610 g/mol. The topological polar surface area (TPSA) is 41.9 Å². The zero-order valence-corrected chi connectivity index (χ0v) is 24.5. The molecular formula is C31H22Cl3FN2O2S. The predicted molar refractivity (Wildman–Crippen MR) is 165 cm³/mol. The summed E-state index contributed by atoms with van der Waals surface area (Å²) in [4.78, 5) is 20.5. The van der Waals surface area contributed by atoms with Crippen LogP contribution in [0.15, 0.2) is 88.8 Å². The molecule has 40 heavy (non-hydrogen) atoms. The lowest BCUT2D eigenvalue weighted by molar-refractivity contribution is -0.113. The molecule has 1 fully saturated rings. The molecule has 4 aromatic carbocycles. The molecule has 0 bridgehead atoms. The van der Waals surface area contributed by atoms with Crippen molar-refractivity contribution in [3.05, 3.63) is 127 Å². The average molecular weight is 612 g/mol. The highest BCUT2D eigenvalue weighted by atomic mass is 35.5. The molecule has 0 unspecified atom stereocenters. The maximum Gasteiger partial charge on any atom is 0.271 e. The molecular weight excluding hydrogens is 590 g/mol. The lowest BCUT2D eigenvalue weighted by Crippen LogP contribution is -2.28. The molecule has 9 heteroatoms. The number of hydrogen-bond donors (Lipinski definition) is 0. The molecule has 1 heterocycles. The molecule has 0 aliphatic carbocycles. The van der Waals surface area contributed by atoms with E-state index in [1.54, 1.807) is 48.5 Å². The van der Waals surface area contributed by atoms with Crippen LogP contribution in [0.3, 0.4) is 0 Å². The van der Waals surface area contributed by atoms with Crippen LogP contribution in [0.1, 0.15) is 22.3 Å². The van der Waals surface area contributed by atoms with Crippen molar-refractivity contribution in [3.8, 4) is 5.75 Å². The Hall–Kier alpha value is -3.29. The molecule has 4 nitrogen and oxygen atoms in total. The summed E-state index contributed by atoms with van der Waals surface area (Å²) in [6.07, 6.45) is 1.72. The fraction of sp³-hybridized carbons (Fsp3) is 0.0968. The Labute approximate surface area is 251 Å². The van der Waals surface area contributed by atoms with Gasteiger partial charge >= 0.3 is 0 Å². The molecule has 0 N–H and O–H groups in total. The fourth-order valence-corrected chi connectivity index (χ4v) is 5.47. The van der Waals surface area contributed by atoms with Gasteiger partial charge in [0.2, 0.25) is 0 Å². The van der Waals surface area contributed by atoms with Gasteiger partial charge in [-0.2, -0.15) is 0 Å². The minimum atomic E-state index is -0.342. The Bertz CT molecular complexity index is 1690. The summed E-state index contributed by atoms with van der Waals surface area (Å²) >= 11 is 20.3. The number of nitrogens with zero attached hydrogens (tertiary/aromatic N) is 2. The van der Waals surface area contributed by atoms with Gasteiger partial charge in [-0.15, -0.1) is 0 Å². The largest absolute Gasteiger partial charge is 0.488 e. The van der Waals surface area contributed by atoms with Crippen LogP contribution in [0.2, 0.25) is 15.1 Å². The SMILES string of the molecule is Cc1ccc(N=C2S/C(=C/c3cc(Cl)ccc3OCc3cccc(F)c3)C(=O)N2c2ccc(C)c(Cl)c2)cc1Cl. The third kappa shape index (κ3) is 6.37. The number of anilines is 1. The van der Waals surface area contributed by atoms with E-state index in [1.807, 2.05) is 38.1 Å². The van der Waals surface area contributed by atoms with Crippen LogP contribution < -0.4 is 9.64 Å². The number of aliphatic imine (C=N–C) groups is 1. The van der Waals surface area contributed by atoms with E-state index >= 15 is 0 Å². The number of amidine groups is 1. The number of halogens is 4. The van der Waals surface area contributed by atoms with Crippen LogP contribution in [0.25, 0.3) is 6.08 Å². The summed E-state index contributed by atoms with van der Waals surface area (Å²) in [6, 6.07) is 22.2. The number of aryl methyl sites for hydroxylation is 2. The van der Waals surface area contributed by atoms with Crippen molar-refractivity contribution in [2.75, 3.05) is 4.90 Å². The summed E-state index contributed by atoms with van der Waals surface area (Å²) in [5.41, 5.74) is 4.28. The molecule has 0 atom stereocenters. The highest BCUT2D eigenvalue weighted by molar-refractivity contribution is 8.19. The van der Waals surface area contributed by atoms with E-state index in [0.29, 0.717) is 53.4 Å². The van der Waals surface area contributed by atoms with Crippen LogP contribution in [0, 0.1) is 19.7 Å². The van der Waals surface area contributed by atoms with Crippen molar-refractivity contribution < 1.29 is 13.9 Å². The average Bonchev–Trinajstić information content (AvgIpc) is 3.21. The van der Waals surface area contributed by atoms with E-state index in [-0.39, 0.29) is 18.3 Å². The smallest absolute Gasteiger partial charge is 0.271 e. The van der Waals surface area contributed by atoms with Gasteiger partial charge in [0.15, 0.2) is 5.17 Å². The second-order valence-corrected chi connectivity index (χ2v) is 11.4. The van der Waals surface area contributed by atoms with E-state index in [1.165, 1.54) is 28.8 Å². The molecule has 1 aliphatic heterocycles. The van der Waals surface area contributed by atoms with Crippen LogP contribution in [0.4, 0.5) is 15.8 Å². The van der Waals surface area contributed by atoms with Gasteiger partial charge in [-0.1, -0.05) is 59.1 Å². The zero-order valence-electron chi connectivity index (χ0n) is 21.4. The number of carbonyl (C=O) groups excluding carboxylic acids is 1. The van der Waals surface area contributed by atoms with Crippen molar-refractivity contribution in [2.24, 2.45) is 4.99 Å². The van der Waals surface area contributed by atoms with Crippen molar-refractivity contribution in [1.29, 1.82) is 0 Å². The summed E-state index contributed by atoms with van der Waals surface area (Å²) < 4.78 is 19.6. The molecule has 202 valence electrons. The summed E-state index contributed by atoms with van der Waals surface area (Å²) in [5, 5.41) is 2.04. The molecule has 4 aromatic rings. The molecule has 0 spiro atoms. The first kappa shape index (κ1) is 28.2. The van der Waals surface area contributed by atoms with Crippen molar-refractivity contribution in [1.82, 2.24) is 0 Å². The molecule has 1 aliphatic rings. The number of ether oxygens (including phenoxy) is 1. The maximum atomic E-state index is 13.8. The molecule has 1 amide bonds. The third-order valence-electron chi connectivity index (χ3n) is 6.14. The highest BCUT2D eigenvalue weighted by Gasteiger charge is 2.35. The fourth-order valence-electron chi connectivity index (χ4n) is 3.95. The van der Waals surface area contributed by atoms with E-state index in [2.05, 4.69) is 0 Å². The Balaban J connectivity index is 1.54. The number of hydrogen-bond acceptors (Lipinski definition) is 4. The first-order valence-corrected chi connectivity index (χ1v) is 14.1. The van der Waals surface area contributed by atoms with Crippen LogP contribution in [-0.4, -0.2) is 11.1 Å². The summed E-state index contributed by atoms with van der Waals surface area (Å²) in [6.45, 7) is 3.95. The summed E-state index contributed by atoms with van der Waals surface area (Å²) in [5.74, 6) is -0.126. The third-order valence-corrected chi connectivity index (χ3v) is 8.16. The molecule has 5 rings (SSSR count). The predicted octanol–water partition coefficient (Wildman–Crippen LogP) is 9.79. The minimum Gasteiger partial charge on any atom is -0.488 e. The van der Waals surface area contributed by atoms with Gasteiger partial charge in [-0.3, -0.25) is 9.69 Å². The number of rotatable bonds is 6. The quantitative estimate of drug-likeness (QED) is 0.204. The van der Waals surface area contributed by atoms with E-state index in [9.17, 15) is 9.18 Å². The number of amides is 1. The van der Waals surface area contributed by atoms with E-state index in [0.717, 1.165) is 11.1 Å². The van der Waals surface area contributed by atoms with Gasteiger partial charge in [0, 0.05) is 20.6 Å². The second kappa shape index (κ2) is 12.1.